The fourth-order valence-electron chi connectivity index (χ4n) is 4.45. The number of hydrogen-bond donors (Lipinski definition) is 1. The van der Waals surface area contributed by atoms with Gasteiger partial charge in [0.25, 0.3) is 0 Å². The van der Waals surface area contributed by atoms with Crippen LogP contribution in [0, 0.1) is 12.8 Å². The average Bonchev–Trinajstić information content (AvgIpc) is 3.11. The molecule has 1 heteroatoms. The number of aryl methyl sites for hydroxylation is 1. The Morgan fingerprint density at radius 3 is 2.71 bits per heavy atom. The molecular weight excluding hydrogens is 290 g/mol. The molecule has 0 radical (unpaired) electrons. The molecule has 1 N–H and O–H groups in total. The molecule has 24 heavy (non-hydrogen) atoms. The van der Waals surface area contributed by atoms with Gasteiger partial charge < -0.3 is 5.32 Å². The Kier molecular flexibility index (Phi) is 3.02. The number of rotatable bonds is 1. The minimum Gasteiger partial charge on any atom is -0.378 e. The molecule has 0 fully saturated rings. The lowest BCUT2D eigenvalue weighted by atomic mass is 9.76. The molecule has 0 saturated carbocycles. The van der Waals surface area contributed by atoms with Gasteiger partial charge in [-0.1, -0.05) is 66.2 Å². The van der Waals surface area contributed by atoms with Crippen molar-refractivity contribution in [2.45, 2.75) is 25.3 Å². The first-order chi connectivity index (χ1) is 11.8. The Balaban J connectivity index is 1.61. The van der Waals surface area contributed by atoms with Gasteiger partial charge in [-0.25, -0.2) is 0 Å². The molecule has 1 heterocycles. The number of nitrogens with one attached hydrogen (secondary N) is 1. The summed E-state index contributed by atoms with van der Waals surface area (Å²) in [5, 5.41) is 6.48. The van der Waals surface area contributed by atoms with Crippen LogP contribution in [-0.2, 0) is 0 Å². The minimum absolute atomic E-state index is 0.379. The summed E-state index contributed by atoms with van der Waals surface area (Å²) < 4.78 is 0. The number of anilines is 1. The summed E-state index contributed by atoms with van der Waals surface area (Å²) in [5.41, 5.74) is 5.51. The Morgan fingerprint density at radius 1 is 0.917 bits per heavy atom. The van der Waals surface area contributed by atoms with Crippen LogP contribution in [0.25, 0.3) is 10.8 Å². The maximum atomic E-state index is 3.84. The minimum atomic E-state index is 0.379. The first-order valence-corrected chi connectivity index (χ1v) is 8.82. The van der Waals surface area contributed by atoms with E-state index < -0.39 is 0 Å². The summed E-state index contributed by atoms with van der Waals surface area (Å²) in [4.78, 5) is 0. The second-order valence-corrected chi connectivity index (χ2v) is 7.17. The largest absolute Gasteiger partial charge is 0.378 e. The third kappa shape index (κ3) is 2.08. The third-order valence-corrected chi connectivity index (χ3v) is 5.65. The van der Waals surface area contributed by atoms with Crippen molar-refractivity contribution in [2.75, 3.05) is 5.32 Å². The van der Waals surface area contributed by atoms with Gasteiger partial charge in [-0.3, -0.25) is 0 Å². The van der Waals surface area contributed by atoms with Crippen molar-refractivity contribution in [3.8, 4) is 0 Å². The van der Waals surface area contributed by atoms with Crippen molar-refractivity contribution in [3.05, 3.63) is 89.5 Å². The summed E-state index contributed by atoms with van der Waals surface area (Å²) in [6.45, 7) is 2.18. The van der Waals surface area contributed by atoms with Crippen LogP contribution in [0.4, 0.5) is 5.69 Å². The Bertz CT molecular complexity index is 953. The van der Waals surface area contributed by atoms with Gasteiger partial charge in [0.05, 0.1) is 6.04 Å². The predicted molar refractivity (Wildman–Crippen MR) is 101 cm³/mol. The molecule has 0 bridgehead atoms. The molecule has 3 aromatic carbocycles. The maximum Gasteiger partial charge on any atom is 0.0554 e. The van der Waals surface area contributed by atoms with E-state index in [2.05, 4.69) is 85.1 Å². The summed E-state index contributed by atoms with van der Waals surface area (Å²) >= 11 is 0. The zero-order chi connectivity index (χ0) is 16.1. The van der Waals surface area contributed by atoms with E-state index in [0.717, 1.165) is 6.42 Å². The fourth-order valence-corrected chi connectivity index (χ4v) is 4.45. The standard InChI is InChI=1S/C23H21N/c1-15-9-12-22-21(13-15)19-7-4-8-20(19)23(24-22)18-11-10-16-5-2-3-6-17(16)14-18/h2-7,9-14,19-20,23-24H,8H2,1H3. The smallest absolute Gasteiger partial charge is 0.0554 e. The van der Waals surface area contributed by atoms with Crippen LogP contribution in [0.1, 0.15) is 35.1 Å². The Labute approximate surface area is 143 Å². The first kappa shape index (κ1) is 13.9. The van der Waals surface area contributed by atoms with Gasteiger partial charge in [0.15, 0.2) is 0 Å². The molecule has 3 aromatic rings. The van der Waals surface area contributed by atoms with Crippen LogP contribution in [0.15, 0.2) is 72.8 Å². The first-order valence-electron chi connectivity index (χ1n) is 8.82. The predicted octanol–water partition coefficient (Wildman–Crippen LogP) is 5.97. The van der Waals surface area contributed by atoms with Crippen molar-refractivity contribution in [1.29, 1.82) is 0 Å². The van der Waals surface area contributed by atoms with Crippen LogP contribution >= 0.6 is 0 Å². The van der Waals surface area contributed by atoms with Crippen LogP contribution in [0.5, 0.6) is 0 Å². The topological polar surface area (TPSA) is 12.0 Å². The fraction of sp³-hybridized carbons (Fsp3) is 0.217. The van der Waals surface area contributed by atoms with Gasteiger partial charge in [-0.2, -0.15) is 0 Å². The molecule has 0 aromatic heterocycles. The molecule has 5 rings (SSSR count). The highest BCUT2D eigenvalue weighted by Crippen LogP contribution is 2.50. The Hall–Kier alpha value is -2.54. The van der Waals surface area contributed by atoms with Gasteiger partial charge in [-0.05, 0) is 53.3 Å². The van der Waals surface area contributed by atoms with Crippen LogP contribution in [0.2, 0.25) is 0 Å². The zero-order valence-electron chi connectivity index (χ0n) is 13.9. The lowest BCUT2D eigenvalue weighted by Crippen LogP contribution is -2.29. The molecule has 3 atom stereocenters. The van der Waals surface area contributed by atoms with E-state index in [-0.39, 0.29) is 0 Å². The summed E-state index contributed by atoms with van der Waals surface area (Å²) in [6.07, 6.45) is 5.93. The van der Waals surface area contributed by atoms with Gasteiger partial charge in [0.1, 0.15) is 0 Å². The van der Waals surface area contributed by atoms with Gasteiger partial charge in [0, 0.05) is 11.6 Å². The van der Waals surface area contributed by atoms with E-state index in [1.807, 2.05) is 0 Å². The second kappa shape index (κ2) is 5.24. The normalized spacial score (nSPS) is 24.5. The summed E-state index contributed by atoms with van der Waals surface area (Å²) in [6, 6.07) is 22.7. The van der Waals surface area contributed by atoms with Crippen LogP contribution in [0.3, 0.4) is 0 Å². The van der Waals surface area contributed by atoms with E-state index in [4.69, 9.17) is 0 Å². The lowest BCUT2D eigenvalue weighted by molar-refractivity contribution is 0.425. The molecule has 0 amide bonds. The molecule has 1 nitrogen and oxygen atoms in total. The molecule has 118 valence electrons. The molecular formula is C23H21N. The number of hydrogen-bond acceptors (Lipinski definition) is 1. The average molecular weight is 311 g/mol. The van der Waals surface area contributed by atoms with Crippen molar-refractivity contribution in [3.63, 3.8) is 0 Å². The van der Waals surface area contributed by atoms with Crippen molar-refractivity contribution in [1.82, 2.24) is 0 Å². The monoisotopic (exact) mass is 311 g/mol. The highest BCUT2D eigenvalue weighted by atomic mass is 15.0. The SMILES string of the molecule is Cc1ccc2c(c1)C1C=CCC1C(c1ccc3ccccc3c1)N2. The van der Waals surface area contributed by atoms with Crippen LogP contribution < -0.4 is 5.32 Å². The molecule has 1 aliphatic carbocycles. The van der Waals surface area contributed by atoms with E-state index in [9.17, 15) is 0 Å². The summed E-state index contributed by atoms with van der Waals surface area (Å²) in [7, 11) is 0. The van der Waals surface area contributed by atoms with Gasteiger partial charge >= 0.3 is 0 Å². The van der Waals surface area contributed by atoms with Crippen molar-refractivity contribution < 1.29 is 0 Å². The molecule has 0 saturated heterocycles. The van der Waals surface area contributed by atoms with E-state index in [1.54, 1.807) is 0 Å². The highest BCUT2D eigenvalue weighted by molar-refractivity contribution is 5.83. The number of allylic oxidation sites excluding steroid dienone is 2. The molecule has 1 aliphatic heterocycles. The molecule has 0 spiro atoms. The molecule has 3 unspecified atom stereocenters. The quantitative estimate of drug-likeness (QED) is 0.545. The van der Waals surface area contributed by atoms with Crippen LogP contribution in [-0.4, -0.2) is 0 Å². The maximum absolute atomic E-state index is 3.84. The van der Waals surface area contributed by atoms with E-state index in [1.165, 1.54) is 33.2 Å². The Morgan fingerprint density at radius 2 is 1.79 bits per heavy atom. The van der Waals surface area contributed by atoms with Gasteiger partial charge in [0.2, 0.25) is 0 Å². The molecule has 2 aliphatic rings. The third-order valence-electron chi connectivity index (χ3n) is 5.65. The zero-order valence-corrected chi connectivity index (χ0v) is 13.9. The highest BCUT2D eigenvalue weighted by Gasteiger charge is 2.37. The van der Waals surface area contributed by atoms with E-state index >= 15 is 0 Å². The van der Waals surface area contributed by atoms with Gasteiger partial charge in [-0.15, -0.1) is 0 Å². The lowest BCUT2D eigenvalue weighted by Gasteiger charge is -2.37. The van der Waals surface area contributed by atoms with Crippen molar-refractivity contribution in [2.24, 2.45) is 5.92 Å². The number of fused-ring (bicyclic) bond motifs is 4. The van der Waals surface area contributed by atoms with Crippen molar-refractivity contribution >= 4 is 16.5 Å². The van der Waals surface area contributed by atoms with E-state index in [0.29, 0.717) is 17.9 Å². The second-order valence-electron chi connectivity index (χ2n) is 7.17. The summed E-state index contributed by atoms with van der Waals surface area (Å²) in [5.74, 6) is 1.15. The number of benzene rings is 3.